The fourth-order valence-corrected chi connectivity index (χ4v) is 0.848. The highest BCUT2D eigenvalue weighted by atomic mass is 16.6. The topological polar surface area (TPSA) is 55.2 Å². The SMILES string of the molecule is O=[N+]([O-])CCNc1ccccc1. The van der Waals surface area contributed by atoms with Crippen molar-refractivity contribution in [3.63, 3.8) is 0 Å². The van der Waals surface area contributed by atoms with Crippen LogP contribution in [0.25, 0.3) is 0 Å². The normalized spacial score (nSPS) is 9.33. The molecule has 1 aromatic rings. The first-order chi connectivity index (χ1) is 5.79. The Morgan fingerprint density at radius 2 is 2.00 bits per heavy atom. The van der Waals surface area contributed by atoms with E-state index in [0.29, 0.717) is 6.54 Å². The van der Waals surface area contributed by atoms with Crippen LogP contribution in [-0.4, -0.2) is 18.0 Å². The van der Waals surface area contributed by atoms with Crippen LogP contribution >= 0.6 is 0 Å². The Balaban J connectivity index is 2.29. The van der Waals surface area contributed by atoms with E-state index >= 15 is 0 Å². The molecule has 0 aliphatic heterocycles. The Morgan fingerprint density at radius 3 is 2.58 bits per heavy atom. The van der Waals surface area contributed by atoms with Crippen LogP contribution in [0.15, 0.2) is 30.3 Å². The highest BCUT2D eigenvalue weighted by Gasteiger charge is 1.94. The van der Waals surface area contributed by atoms with Gasteiger partial charge in [-0.1, -0.05) is 18.2 Å². The summed E-state index contributed by atoms with van der Waals surface area (Å²) in [6.07, 6.45) is 0. The molecule has 0 saturated heterocycles. The minimum atomic E-state index is -0.337. The van der Waals surface area contributed by atoms with Crippen LogP contribution in [0.3, 0.4) is 0 Å². The van der Waals surface area contributed by atoms with E-state index in [0.717, 1.165) is 5.69 Å². The molecule has 4 nitrogen and oxygen atoms in total. The molecule has 0 saturated carbocycles. The average Bonchev–Trinajstić information content (AvgIpc) is 2.05. The van der Waals surface area contributed by atoms with Gasteiger partial charge < -0.3 is 5.32 Å². The summed E-state index contributed by atoms with van der Waals surface area (Å²) >= 11 is 0. The molecule has 0 aromatic heterocycles. The number of anilines is 1. The number of hydrogen-bond donors (Lipinski definition) is 1. The lowest BCUT2D eigenvalue weighted by atomic mass is 10.3. The lowest BCUT2D eigenvalue weighted by molar-refractivity contribution is -0.476. The second kappa shape index (κ2) is 4.33. The molecule has 0 heterocycles. The third-order valence-electron chi connectivity index (χ3n) is 1.40. The van der Waals surface area contributed by atoms with Gasteiger partial charge in [-0.3, -0.25) is 10.1 Å². The molecule has 1 N–H and O–H groups in total. The van der Waals surface area contributed by atoms with Gasteiger partial charge in [-0.2, -0.15) is 0 Å². The Hall–Kier alpha value is -1.58. The summed E-state index contributed by atoms with van der Waals surface area (Å²) in [4.78, 5) is 9.62. The van der Waals surface area contributed by atoms with Crippen molar-refractivity contribution < 1.29 is 4.92 Å². The first-order valence-corrected chi connectivity index (χ1v) is 3.70. The van der Waals surface area contributed by atoms with Crippen molar-refractivity contribution in [1.82, 2.24) is 0 Å². The molecule has 4 heteroatoms. The zero-order chi connectivity index (χ0) is 8.81. The minimum absolute atomic E-state index is 0.0467. The van der Waals surface area contributed by atoms with E-state index in [-0.39, 0.29) is 11.5 Å². The standard InChI is InChI=1S/C8H10N2O2/c11-10(12)7-6-9-8-4-2-1-3-5-8/h1-5,9H,6-7H2. The smallest absolute Gasteiger partial charge is 0.220 e. The molecular weight excluding hydrogens is 156 g/mol. The maximum atomic E-state index is 9.96. The number of rotatable bonds is 4. The summed E-state index contributed by atoms with van der Waals surface area (Å²) in [5.41, 5.74) is 0.916. The fraction of sp³-hybridized carbons (Fsp3) is 0.250. The molecule has 1 aromatic carbocycles. The number of benzene rings is 1. The summed E-state index contributed by atoms with van der Waals surface area (Å²) in [5.74, 6) is 0. The Bertz CT molecular complexity index is 248. The van der Waals surface area contributed by atoms with E-state index in [9.17, 15) is 10.1 Å². The number of nitro groups is 1. The van der Waals surface area contributed by atoms with Gasteiger partial charge in [0.2, 0.25) is 6.54 Å². The molecule has 64 valence electrons. The van der Waals surface area contributed by atoms with Crippen LogP contribution < -0.4 is 5.32 Å². The third kappa shape index (κ3) is 3.01. The summed E-state index contributed by atoms with van der Waals surface area (Å²) in [5, 5.41) is 12.9. The molecule has 12 heavy (non-hydrogen) atoms. The molecule has 0 unspecified atom stereocenters. The van der Waals surface area contributed by atoms with Gasteiger partial charge in [0.05, 0.1) is 6.54 Å². The lowest BCUT2D eigenvalue weighted by Crippen LogP contribution is -2.13. The van der Waals surface area contributed by atoms with Gasteiger partial charge >= 0.3 is 0 Å². The van der Waals surface area contributed by atoms with Crippen molar-refractivity contribution in [2.75, 3.05) is 18.4 Å². The molecule has 0 aliphatic carbocycles. The Kier molecular flexibility index (Phi) is 3.07. The zero-order valence-electron chi connectivity index (χ0n) is 6.56. The van der Waals surface area contributed by atoms with E-state index in [2.05, 4.69) is 5.32 Å². The van der Waals surface area contributed by atoms with E-state index in [4.69, 9.17) is 0 Å². The predicted octanol–water partition coefficient (Wildman–Crippen LogP) is 1.38. The molecule has 0 amide bonds. The summed E-state index contributed by atoms with van der Waals surface area (Å²) in [6, 6.07) is 9.42. The first-order valence-electron chi connectivity index (χ1n) is 3.70. The van der Waals surface area contributed by atoms with E-state index in [1.807, 2.05) is 30.3 Å². The highest BCUT2D eigenvalue weighted by Crippen LogP contribution is 2.03. The molecule has 0 bridgehead atoms. The average molecular weight is 166 g/mol. The fourth-order valence-electron chi connectivity index (χ4n) is 0.848. The van der Waals surface area contributed by atoms with Crippen molar-refractivity contribution in [1.29, 1.82) is 0 Å². The maximum absolute atomic E-state index is 9.96. The monoisotopic (exact) mass is 166 g/mol. The summed E-state index contributed by atoms with van der Waals surface area (Å²) < 4.78 is 0. The predicted molar refractivity (Wildman–Crippen MR) is 46.8 cm³/mol. The second-order valence-electron chi connectivity index (χ2n) is 2.35. The van der Waals surface area contributed by atoms with Crippen LogP contribution in [0.4, 0.5) is 5.69 Å². The Labute approximate surface area is 70.4 Å². The molecular formula is C8H10N2O2. The van der Waals surface area contributed by atoms with Gasteiger partial charge in [-0.25, -0.2) is 0 Å². The van der Waals surface area contributed by atoms with Crippen molar-refractivity contribution in [3.05, 3.63) is 40.4 Å². The van der Waals surface area contributed by atoms with Crippen LogP contribution in [0.1, 0.15) is 0 Å². The van der Waals surface area contributed by atoms with Gasteiger partial charge in [-0.15, -0.1) is 0 Å². The molecule has 0 radical (unpaired) electrons. The number of nitrogens with zero attached hydrogens (tertiary/aromatic N) is 1. The molecule has 1 rings (SSSR count). The van der Waals surface area contributed by atoms with Crippen molar-refractivity contribution in [2.24, 2.45) is 0 Å². The largest absolute Gasteiger partial charge is 0.378 e. The number of hydrogen-bond acceptors (Lipinski definition) is 3. The van der Waals surface area contributed by atoms with Gasteiger partial charge in [0.15, 0.2) is 0 Å². The van der Waals surface area contributed by atoms with Crippen LogP contribution in [0.2, 0.25) is 0 Å². The van der Waals surface area contributed by atoms with Crippen molar-refractivity contribution in [3.8, 4) is 0 Å². The highest BCUT2D eigenvalue weighted by molar-refractivity contribution is 5.42. The van der Waals surface area contributed by atoms with Crippen molar-refractivity contribution >= 4 is 5.69 Å². The van der Waals surface area contributed by atoms with Crippen LogP contribution in [0.5, 0.6) is 0 Å². The van der Waals surface area contributed by atoms with Gasteiger partial charge in [0.25, 0.3) is 0 Å². The molecule has 0 aliphatic rings. The summed E-state index contributed by atoms with van der Waals surface area (Å²) in [7, 11) is 0. The minimum Gasteiger partial charge on any atom is -0.378 e. The first kappa shape index (κ1) is 8.52. The van der Waals surface area contributed by atoms with Crippen molar-refractivity contribution in [2.45, 2.75) is 0 Å². The lowest BCUT2D eigenvalue weighted by Gasteiger charge is -2.01. The quantitative estimate of drug-likeness (QED) is 0.543. The van der Waals surface area contributed by atoms with Crippen LogP contribution in [-0.2, 0) is 0 Å². The maximum Gasteiger partial charge on any atom is 0.220 e. The Morgan fingerprint density at radius 1 is 1.33 bits per heavy atom. The van der Waals surface area contributed by atoms with E-state index < -0.39 is 0 Å². The van der Waals surface area contributed by atoms with E-state index in [1.54, 1.807) is 0 Å². The number of para-hydroxylation sites is 1. The molecule has 0 fully saturated rings. The molecule has 0 spiro atoms. The van der Waals surface area contributed by atoms with Gasteiger partial charge in [0.1, 0.15) is 0 Å². The third-order valence-corrected chi connectivity index (χ3v) is 1.40. The van der Waals surface area contributed by atoms with E-state index in [1.165, 1.54) is 0 Å². The van der Waals surface area contributed by atoms with Gasteiger partial charge in [0, 0.05) is 10.6 Å². The summed E-state index contributed by atoms with van der Waals surface area (Å²) in [6.45, 7) is 0.325. The second-order valence-corrected chi connectivity index (χ2v) is 2.35. The number of nitrogens with one attached hydrogen (secondary N) is 1. The van der Waals surface area contributed by atoms with Gasteiger partial charge in [-0.05, 0) is 12.1 Å². The molecule has 0 atom stereocenters. The van der Waals surface area contributed by atoms with Crippen LogP contribution in [0, 0.1) is 10.1 Å². The zero-order valence-corrected chi connectivity index (χ0v) is 6.56.